The second kappa shape index (κ2) is 5.69. The molecule has 1 amide bonds. The SMILES string of the molecule is C=C(O)CC(CC)(CC)[C@H](N)C(=O)N1C(C#N)C[C@@H]2C[C@@H]21. The monoisotopic (exact) mass is 291 g/mol. The summed E-state index contributed by atoms with van der Waals surface area (Å²) in [4.78, 5) is 14.5. The van der Waals surface area contributed by atoms with Crippen LogP contribution in [0.5, 0.6) is 0 Å². The predicted molar refractivity (Wildman–Crippen MR) is 80.1 cm³/mol. The standard InChI is InChI=1S/C16H25N3O2/c1-4-16(5-2,8-10(3)20)14(18)15(21)19-12(9-17)6-11-7-13(11)19/h11-14,20H,3-8,18H2,1-2H3/t11-,12?,13+,14-/m1/s1. The minimum absolute atomic E-state index is 0.0597. The van der Waals surface area contributed by atoms with Gasteiger partial charge in [0.1, 0.15) is 6.04 Å². The molecule has 0 radical (unpaired) electrons. The molecule has 2 aliphatic rings. The van der Waals surface area contributed by atoms with Crippen LogP contribution in [0.15, 0.2) is 12.3 Å². The Kier molecular flexibility index (Phi) is 4.29. The fourth-order valence-electron chi connectivity index (χ4n) is 3.77. The largest absolute Gasteiger partial charge is 0.513 e. The molecule has 2 fully saturated rings. The second-order valence-electron chi connectivity index (χ2n) is 6.48. The van der Waals surface area contributed by atoms with Crippen molar-refractivity contribution in [2.75, 3.05) is 0 Å². The van der Waals surface area contributed by atoms with Gasteiger partial charge in [-0.15, -0.1) is 0 Å². The number of hydrogen-bond acceptors (Lipinski definition) is 4. The maximum absolute atomic E-state index is 12.8. The minimum atomic E-state index is -0.702. The molecule has 1 saturated heterocycles. The van der Waals surface area contributed by atoms with Crippen LogP contribution in [-0.2, 0) is 4.79 Å². The maximum atomic E-state index is 12.8. The zero-order valence-electron chi connectivity index (χ0n) is 12.9. The number of amides is 1. The first kappa shape index (κ1) is 15.8. The lowest BCUT2D eigenvalue weighted by Crippen LogP contribution is -2.55. The third-order valence-corrected chi connectivity index (χ3v) is 5.40. The highest BCUT2D eigenvalue weighted by atomic mass is 16.3. The summed E-state index contributed by atoms with van der Waals surface area (Å²) in [5.41, 5.74) is 5.80. The molecule has 3 N–H and O–H groups in total. The van der Waals surface area contributed by atoms with Gasteiger partial charge in [0.2, 0.25) is 5.91 Å². The summed E-state index contributed by atoms with van der Waals surface area (Å²) in [5, 5.41) is 18.8. The van der Waals surface area contributed by atoms with Gasteiger partial charge in [-0.25, -0.2) is 0 Å². The third kappa shape index (κ3) is 2.65. The van der Waals surface area contributed by atoms with Gasteiger partial charge in [-0.05, 0) is 31.6 Å². The van der Waals surface area contributed by atoms with E-state index < -0.39 is 11.5 Å². The van der Waals surface area contributed by atoms with Crippen LogP contribution < -0.4 is 5.73 Å². The number of nitriles is 1. The molecular weight excluding hydrogens is 266 g/mol. The fraction of sp³-hybridized carbons (Fsp3) is 0.750. The molecule has 5 heteroatoms. The number of piperidine rings is 1. The number of aliphatic hydroxyl groups excluding tert-OH is 1. The Bertz CT molecular complexity index is 478. The Morgan fingerprint density at radius 1 is 1.52 bits per heavy atom. The summed E-state index contributed by atoms with van der Waals surface area (Å²) in [6, 6.07) is 1.39. The first-order valence-corrected chi connectivity index (χ1v) is 7.74. The van der Waals surface area contributed by atoms with E-state index >= 15 is 0 Å². The van der Waals surface area contributed by atoms with Gasteiger partial charge in [-0.2, -0.15) is 5.26 Å². The third-order valence-electron chi connectivity index (χ3n) is 5.40. The number of rotatable bonds is 6. The molecule has 21 heavy (non-hydrogen) atoms. The topological polar surface area (TPSA) is 90.3 Å². The van der Waals surface area contributed by atoms with Crippen molar-refractivity contribution < 1.29 is 9.90 Å². The van der Waals surface area contributed by atoms with Crippen molar-refractivity contribution in [1.82, 2.24) is 4.90 Å². The normalized spacial score (nSPS) is 28.7. The Morgan fingerprint density at radius 3 is 2.62 bits per heavy atom. The molecule has 2 rings (SSSR count). The number of hydrogen-bond donors (Lipinski definition) is 2. The van der Waals surface area contributed by atoms with Crippen LogP contribution in [-0.4, -0.2) is 34.0 Å². The van der Waals surface area contributed by atoms with Crippen LogP contribution in [0.25, 0.3) is 0 Å². The fourth-order valence-corrected chi connectivity index (χ4v) is 3.77. The van der Waals surface area contributed by atoms with Gasteiger partial charge < -0.3 is 15.7 Å². The smallest absolute Gasteiger partial charge is 0.241 e. The molecular formula is C16H25N3O2. The summed E-state index contributed by atoms with van der Waals surface area (Å²) in [5.74, 6) is 0.400. The van der Waals surface area contributed by atoms with Crippen molar-refractivity contribution in [3.8, 4) is 6.07 Å². The molecule has 1 saturated carbocycles. The lowest BCUT2D eigenvalue weighted by Gasteiger charge is -2.39. The van der Waals surface area contributed by atoms with Gasteiger partial charge in [-0.1, -0.05) is 20.4 Å². The number of carbonyl (C=O) groups is 1. The Balaban J connectivity index is 2.20. The average molecular weight is 291 g/mol. The number of allylic oxidation sites excluding steroid dienone is 1. The van der Waals surface area contributed by atoms with Gasteiger partial charge in [0.25, 0.3) is 0 Å². The van der Waals surface area contributed by atoms with E-state index in [-0.39, 0.29) is 23.8 Å². The average Bonchev–Trinajstić information content (AvgIpc) is 3.13. The lowest BCUT2D eigenvalue weighted by molar-refractivity contribution is -0.137. The van der Waals surface area contributed by atoms with Crippen LogP contribution in [0, 0.1) is 22.7 Å². The molecule has 116 valence electrons. The van der Waals surface area contributed by atoms with E-state index in [2.05, 4.69) is 12.6 Å². The van der Waals surface area contributed by atoms with Crippen LogP contribution in [0.3, 0.4) is 0 Å². The van der Waals surface area contributed by atoms with Crippen molar-refractivity contribution in [3.05, 3.63) is 12.3 Å². The summed E-state index contributed by atoms with van der Waals surface area (Å²) >= 11 is 0. The molecule has 1 unspecified atom stereocenters. The minimum Gasteiger partial charge on any atom is -0.513 e. The molecule has 0 bridgehead atoms. The van der Waals surface area contributed by atoms with E-state index in [1.165, 1.54) is 0 Å². The van der Waals surface area contributed by atoms with Crippen LogP contribution in [0.1, 0.15) is 46.0 Å². The summed E-state index contributed by atoms with van der Waals surface area (Å²) in [6.45, 7) is 7.51. The Hall–Kier alpha value is -1.54. The number of carbonyl (C=O) groups excluding carboxylic acids is 1. The lowest BCUT2D eigenvalue weighted by atomic mass is 9.72. The van der Waals surface area contributed by atoms with Crippen molar-refractivity contribution >= 4 is 5.91 Å². The first-order valence-electron chi connectivity index (χ1n) is 7.74. The van der Waals surface area contributed by atoms with E-state index in [4.69, 9.17) is 5.73 Å². The quantitative estimate of drug-likeness (QED) is 0.733. The van der Waals surface area contributed by atoms with E-state index in [0.717, 1.165) is 12.8 Å². The second-order valence-corrected chi connectivity index (χ2v) is 6.48. The number of nitrogens with two attached hydrogens (primary N) is 1. The van der Waals surface area contributed by atoms with Crippen LogP contribution in [0.2, 0.25) is 0 Å². The maximum Gasteiger partial charge on any atom is 0.241 e. The van der Waals surface area contributed by atoms with Gasteiger partial charge in [-0.3, -0.25) is 4.79 Å². The van der Waals surface area contributed by atoms with Gasteiger partial charge >= 0.3 is 0 Å². The highest BCUT2D eigenvalue weighted by Gasteiger charge is 2.56. The Morgan fingerprint density at radius 2 is 2.14 bits per heavy atom. The molecule has 1 aliphatic carbocycles. The molecule has 1 heterocycles. The van der Waals surface area contributed by atoms with Crippen molar-refractivity contribution in [2.45, 2.75) is 64.1 Å². The van der Waals surface area contributed by atoms with Gasteiger partial charge in [0, 0.05) is 17.9 Å². The van der Waals surface area contributed by atoms with Crippen LogP contribution in [0.4, 0.5) is 0 Å². The van der Waals surface area contributed by atoms with E-state index in [1.807, 2.05) is 13.8 Å². The molecule has 0 aromatic rings. The van der Waals surface area contributed by atoms with E-state index in [9.17, 15) is 15.2 Å². The van der Waals surface area contributed by atoms with Crippen LogP contribution >= 0.6 is 0 Å². The molecule has 0 aromatic heterocycles. The van der Waals surface area contributed by atoms with Crippen molar-refractivity contribution in [1.29, 1.82) is 5.26 Å². The molecule has 1 aliphatic heterocycles. The van der Waals surface area contributed by atoms with E-state index in [1.54, 1.807) is 4.90 Å². The summed E-state index contributed by atoms with van der Waals surface area (Å²) < 4.78 is 0. The Labute approximate surface area is 126 Å². The predicted octanol–water partition coefficient (Wildman–Crippen LogP) is 2.09. The summed E-state index contributed by atoms with van der Waals surface area (Å²) in [6.07, 6.45) is 3.47. The zero-order valence-corrected chi connectivity index (χ0v) is 12.9. The highest BCUT2D eigenvalue weighted by molar-refractivity contribution is 5.84. The van der Waals surface area contributed by atoms with E-state index in [0.29, 0.717) is 25.2 Å². The number of aliphatic hydroxyl groups is 1. The zero-order chi connectivity index (χ0) is 15.8. The van der Waals surface area contributed by atoms with Gasteiger partial charge in [0.15, 0.2) is 0 Å². The number of likely N-dealkylation sites (tertiary alicyclic amines) is 1. The molecule has 0 aromatic carbocycles. The van der Waals surface area contributed by atoms with Gasteiger partial charge in [0.05, 0.1) is 17.9 Å². The number of nitrogens with zero attached hydrogens (tertiary/aromatic N) is 2. The molecule has 4 atom stereocenters. The highest BCUT2D eigenvalue weighted by Crippen LogP contribution is 2.49. The number of fused-ring (bicyclic) bond motifs is 1. The first-order chi connectivity index (χ1) is 9.90. The van der Waals surface area contributed by atoms with Crippen molar-refractivity contribution in [3.63, 3.8) is 0 Å². The molecule has 5 nitrogen and oxygen atoms in total. The molecule has 0 spiro atoms. The summed E-state index contributed by atoms with van der Waals surface area (Å²) in [7, 11) is 0. The van der Waals surface area contributed by atoms with Crippen molar-refractivity contribution in [2.24, 2.45) is 17.1 Å².